The molecule has 3 aromatic rings. The number of hydrogen-bond acceptors (Lipinski definition) is 7. The summed E-state index contributed by atoms with van der Waals surface area (Å²) >= 11 is 0. The van der Waals surface area contributed by atoms with Gasteiger partial charge in [0.25, 0.3) is 11.8 Å². The largest absolute Gasteiger partial charge is 0.497 e. The van der Waals surface area contributed by atoms with E-state index in [2.05, 4.69) is 15.5 Å². The molecule has 0 saturated heterocycles. The predicted molar refractivity (Wildman–Crippen MR) is 99.9 cm³/mol. The number of ether oxygens (including phenoxy) is 1. The third-order valence-corrected chi connectivity index (χ3v) is 4.40. The topological polar surface area (TPSA) is 115 Å². The van der Waals surface area contributed by atoms with Crippen LogP contribution in [-0.2, 0) is 11.3 Å². The fourth-order valence-corrected chi connectivity index (χ4v) is 2.95. The Hall–Kier alpha value is -4.01. The molecule has 0 atom stereocenters. The van der Waals surface area contributed by atoms with Gasteiger partial charge in [-0.25, -0.2) is 0 Å². The zero-order valence-corrected chi connectivity index (χ0v) is 15.4. The Kier molecular flexibility index (Phi) is 4.78. The van der Waals surface area contributed by atoms with Gasteiger partial charge >= 0.3 is 0 Å². The molecule has 1 aromatic heterocycles. The minimum atomic E-state index is -0.513. The first-order valence-electron chi connectivity index (χ1n) is 8.75. The molecule has 2 heterocycles. The maximum absolute atomic E-state index is 12.3. The quantitative estimate of drug-likeness (QED) is 0.635. The summed E-state index contributed by atoms with van der Waals surface area (Å²) in [5.41, 5.74) is 1.27. The van der Waals surface area contributed by atoms with Crippen LogP contribution in [0.3, 0.4) is 0 Å². The number of nitrogens with one attached hydrogen (secondary N) is 1. The van der Waals surface area contributed by atoms with Crippen LogP contribution in [0.15, 0.2) is 52.9 Å². The Balaban J connectivity index is 1.37. The van der Waals surface area contributed by atoms with Crippen molar-refractivity contribution in [3.8, 4) is 17.2 Å². The fourth-order valence-electron chi connectivity index (χ4n) is 2.95. The average molecular weight is 392 g/mol. The molecule has 9 heteroatoms. The van der Waals surface area contributed by atoms with Gasteiger partial charge in [-0.05, 0) is 30.3 Å². The van der Waals surface area contributed by atoms with E-state index >= 15 is 0 Å². The van der Waals surface area contributed by atoms with Crippen LogP contribution in [0, 0.1) is 0 Å². The third kappa shape index (κ3) is 3.57. The number of benzene rings is 2. The van der Waals surface area contributed by atoms with Crippen LogP contribution in [0.4, 0.5) is 0 Å². The Labute approximate surface area is 165 Å². The van der Waals surface area contributed by atoms with Crippen LogP contribution >= 0.6 is 0 Å². The van der Waals surface area contributed by atoms with Crippen LogP contribution in [0.25, 0.3) is 11.5 Å². The van der Waals surface area contributed by atoms with Crippen LogP contribution in [-0.4, -0.2) is 46.5 Å². The highest BCUT2D eigenvalue weighted by Crippen LogP contribution is 2.23. The first kappa shape index (κ1) is 18.4. The molecular formula is C20H16N4O5. The van der Waals surface area contributed by atoms with Crippen molar-refractivity contribution in [3.63, 3.8) is 0 Å². The number of imide groups is 1. The lowest BCUT2D eigenvalue weighted by atomic mass is 10.1. The van der Waals surface area contributed by atoms with Crippen LogP contribution in [0.1, 0.15) is 26.6 Å². The number of nitrogens with zero attached hydrogens (tertiary/aromatic N) is 3. The van der Waals surface area contributed by atoms with E-state index in [1.165, 1.54) is 0 Å². The lowest BCUT2D eigenvalue weighted by Gasteiger charge is -2.12. The van der Waals surface area contributed by atoms with Gasteiger partial charge in [0.05, 0.1) is 24.8 Å². The van der Waals surface area contributed by atoms with E-state index in [4.69, 9.17) is 9.15 Å². The number of aromatic nitrogens is 2. The minimum Gasteiger partial charge on any atom is -0.497 e. The summed E-state index contributed by atoms with van der Waals surface area (Å²) in [5, 5.41) is 10.4. The summed E-state index contributed by atoms with van der Waals surface area (Å²) in [5.74, 6) is -0.359. The van der Waals surface area contributed by atoms with E-state index in [-0.39, 0.29) is 24.9 Å². The molecule has 3 amide bonds. The molecule has 2 aromatic carbocycles. The van der Waals surface area contributed by atoms with Gasteiger partial charge in [0, 0.05) is 5.56 Å². The van der Waals surface area contributed by atoms with Crippen molar-refractivity contribution < 1.29 is 23.5 Å². The molecule has 0 fully saturated rings. The first-order valence-corrected chi connectivity index (χ1v) is 8.75. The third-order valence-electron chi connectivity index (χ3n) is 4.40. The van der Waals surface area contributed by atoms with Gasteiger partial charge in [-0.1, -0.05) is 18.2 Å². The summed E-state index contributed by atoms with van der Waals surface area (Å²) in [6.45, 7) is -0.414. The van der Waals surface area contributed by atoms with Gasteiger partial charge in [-0.3, -0.25) is 19.3 Å². The zero-order chi connectivity index (χ0) is 20.4. The monoisotopic (exact) mass is 392 g/mol. The summed E-state index contributed by atoms with van der Waals surface area (Å²) in [6, 6.07) is 13.6. The second kappa shape index (κ2) is 7.55. The lowest BCUT2D eigenvalue weighted by Crippen LogP contribution is -2.40. The van der Waals surface area contributed by atoms with Crippen molar-refractivity contribution in [2.24, 2.45) is 0 Å². The normalized spacial score (nSPS) is 12.8. The van der Waals surface area contributed by atoms with Gasteiger partial charge in [-0.2, -0.15) is 0 Å². The summed E-state index contributed by atoms with van der Waals surface area (Å²) in [6.07, 6.45) is 0. The number of carbonyl (C=O) groups excluding carboxylic acids is 3. The van der Waals surface area contributed by atoms with E-state index in [0.29, 0.717) is 22.4 Å². The van der Waals surface area contributed by atoms with Crippen molar-refractivity contribution in [1.29, 1.82) is 0 Å². The van der Waals surface area contributed by atoms with E-state index in [9.17, 15) is 14.4 Å². The number of methoxy groups -OCH3 is 1. The Morgan fingerprint density at radius 1 is 1.07 bits per heavy atom. The molecule has 0 aliphatic carbocycles. The van der Waals surface area contributed by atoms with Crippen molar-refractivity contribution in [2.75, 3.05) is 13.7 Å². The molecule has 4 rings (SSSR count). The van der Waals surface area contributed by atoms with E-state index in [1.807, 2.05) is 0 Å². The summed E-state index contributed by atoms with van der Waals surface area (Å²) < 4.78 is 10.7. The Morgan fingerprint density at radius 3 is 2.48 bits per heavy atom. The van der Waals surface area contributed by atoms with Crippen molar-refractivity contribution in [3.05, 3.63) is 65.5 Å². The zero-order valence-electron chi connectivity index (χ0n) is 15.4. The van der Waals surface area contributed by atoms with Crippen LogP contribution < -0.4 is 10.1 Å². The van der Waals surface area contributed by atoms with E-state index in [1.54, 1.807) is 55.6 Å². The lowest BCUT2D eigenvalue weighted by molar-refractivity contribution is -0.121. The molecule has 0 bridgehead atoms. The number of hydrogen-bond donors (Lipinski definition) is 1. The van der Waals surface area contributed by atoms with E-state index < -0.39 is 17.7 Å². The average Bonchev–Trinajstić information content (AvgIpc) is 3.32. The second-order valence-corrected chi connectivity index (χ2v) is 6.25. The second-order valence-electron chi connectivity index (χ2n) is 6.25. The van der Waals surface area contributed by atoms with Gasteiger partial charge in [0.1, 0.15) is 12.3 Å². The number of fused-ring (bicyclic) bond motifs is 1. The fraction of sp³-hybridized carbons (Fsp3) is 0.150. The molecule has 9 nitrogen and oxygen atoms in total. The summed E-state index contributed by atoms with van der Waals surface area (Å²) in [4.78, 5) is 37.7. The number of amides is 3. The van der Waals surface area contributed by atoms with Crippen LogP contribution in [0.2, 0.25) is 0 Å². The predicted octanol–water partition coefficient (Wildman–Crippen LogP) is 1.66. The SMILES string of the molecule is COc1cccc(-c2nnc(CNC(=O)CN3C(=O)c4ccccc4C3=O)o2)c1. The molecule has 0 unspecified atom stereocenters. The molecule has 1 aliphatic heterocycles. The van der Waals surface area contributed by atoms with Gasteiger partial charge < -0.3 is 14.5 Å². The van der Waals surface area contributed by atoms with Crippen molar-refractivity contribution in [2.45, 2.75) is 6.54 Å². The maximum atomic E-state index is 12.3. The number of carbonyl (C=O) groups is 3. The highest BCUT2D eigenvalue weighted by molar-refractivity contribution is 6.22. The molecule has 1 aliphatic rings. The van der Waals surface area contributed by atoms with Crippen molar-refractivity contribution >= 4 is 17.7 Å². The molecule has 1 N–H and O–H groups in total. The van der Waals surface area contributed by atoms with Gasteiger partial charge in [0.2, 0.25) is 17.7 Å². The van der Waals surface area contributed by atoms with Gasteiger partial charge in [-0.15, -0.1) is 10.2 Å². The highest BCUT2D eigenvalue weighted by Gasteiger charge is 2.36. The van der Waals surface area contributed by atoms with E-state index in [0.717, 1.165) is 4.90 Å². The molecular weight excluding hydrogens is 376 g/mol. The molecule has 146 valence electrons. The minimum absolute atomic E-state index is 0.0288. The Morgan fingerprint density at radius 2 is 1.79 bits per heavy atom. The maximum Gasteiger partial charge on any atom is 0.262 e. The standard InChI is InChI=1S/C20H16N4O5/c1-28-13-6-4-5-12(9-13)18-23-22-17(29-18)10-21-16(25)11-24-19(26)14-7-2-3-8-15(14)20(24)27/h2-9H,10-11H2,1H3,(H,21,25). The molecule has 0 saturated carbocycles. The highest BCUT2D eigenvalue weighted by atomic mass is 16.5. The smallest absolute Gasteiger partial charge is 0.262 e. The number of rotatable bonds is 6. The van der Waals surface area contributed by atoms with Crippen molar-refractivity contribution in [1.82, 2.24) is 20.4 Å². The van der Waals surface area contributed by atoms with Gasteiger partial charge in [0.15, 0.2) is 0 Å². The van der Waals surface area contributed by atoms with Crippen LogP contribution in [0.5, 0.6) is 5.75 Å². The first-order chi connectivity index (χ1) is 14.1. The molecule has 0 radical (unpaired) electrons. The molecule has 0 spiro atoms. The molecule has 29 heavy (non-hydrogen) atoms. The summed E-state index contributed by atoms with van der Waals surface area (Å²) in [7, 11) is 1.56. The Bertz CT molecular complexity index is 1070.